The Labute approximate surface area is 188 Å². The number of nitrogens with one attached hydrogen (secondary N) is 1. The molecule has 1 heterocycles. The molecule has 0 saturated carbocycles. The van der Waals surface area contributed by atoms with E-state index in [2.05, 4.69) is 10.3 Å². The second kappa shape index (κ2) is 12.7. The van der Waals surface area contributed by atoms with Crippen LogP contribution in [0.25, 0.3) is 10.9 Å². The highest BCUT2D eigenvalue weighted by atomic mass is 16.4. The van der Waals surface area contributed by atoms with Crippen LogP contribution in [0.4, 0.5) is 0 Å². The SMILES string of the molecule is CC(C)(C)C[C@H](NC(=O)[C@H](N)CCCCN)C(=O)O.NC(=O)c1cnc2ccccc2c1. The van der Waals surface area contributed by atoms with E-state index in [1.54, 1.807) is 6.07 Å². The normalized spacial score (nSPS) is 12.9. The fraction of sp³-hybridized carbons (Fsp3) is 0.478. The average molecular weight is 446 g/mol. The van der Waals surface area contributed by atoms with Crippen molar-refractivity contribution in [2.24, 2.45) is 22.6 Å². The molecule has 0 radical (unpaired) electrons. The van der Waals surface area contributed by atoms with Gasteiger partial charge in [-0.15, -0.1) is 0 Å². The molecule has 0 fully saturated rings. The largest absolute Gasteiger partial charge is 0.480 e. The van der Waals surface area contributed by atoms with Gasteiger partial charge in [-0.2, -0.15) is 0 Å². The Kier molecular flexibility index (Phi) is 10.7. The van der Waals surface area contributed by atoms with E-state index >= 15 is 0 Å². The van der Waals surface area contributed by atoms with Crippen LogP contribution in [0, 0.1) is 5.41 Å². The number of benzene rings is 1. The lowest BCUT2D eigenvalue weighted by Gasteiger charge is -2.25. The minimum absolute atomic E-state index is 0.181. The summed E-state index contributed by atoms with van der Waals surface area (Å²) in [5, 5.41) is 12.5. The van der Waals surface area contributed by atoms with E-state index < -0.39 is 29.9 Å². The molecule has 1 aromatic heterocycles. The lowest BCUT2D eigenvalue weighted by atomic mass is 9.88. The number of aliphatic carboxylic acids is 1. The lowest BCUT2D eigenvalue weighted by Crippen LogP contribution is -2.49. The molecule has 0 aliphatic carbocycles. The number of primary amides is 1. The average Bonchev–Trinajstić information content (AvgIpc) is 2.72. The van der Waals surface area contributed by atoms with Crippen molar-refractivity contribution in [3.8, 4) is 0 Å². The second-order valence-corrected chi connectivity index (χ2v) is 8.84. The third-order valence-corrected chi connectivity index (χ3v) is 4.61. The van der Waals surface area contributed by atoms with Crippen molar-refractivity contribution in [1.82, 2.24) is 10.3 Å². The summed E-state index contributed by atoms with van der Waals surface area (Å²) in [6.45, 7) is 6.35. The Morgan fingerprint density at radius 1 is 1.16 bits per heavy atom. The quantitative estimate of drug-likeness (QED) is 0.365. The predicted octanol–water partition coefficient (Wildman–Crippen LogP) is 1.78. The van der Waals surface area contributed by atoms with Gasteiger partial charge in [-0.05, 0) is 43.4 Å². The molecule has 0 bridgehead atoms. The van der Waals surface area contributed by atoms with Crippen LogP contribution in [0.15, 0.2) is 36.5 Å². The number of fused-ring (bicyclic) bond motifs is 1. The fourth-order valence-corrected chi connectivity index (χ4v) is 2.94. The highest BCUT2D eigenvalue weighted by Crippen LogP contribution is 2.21. The van der Waals surface area contributed by atoms with E-state index in [-0.39, 0.29) is 5.41 Å². The molecule has 2 amide bonds. The van der Waals surface area contributed by atoms with Crippen LogP contribution in [0.5, 0.6) is 0 Å². The second-order valence-electron chi connectivity index (χ2n) is 8.84. The van der Waals surface area contributed by atoms with Crippen molar-refractivity contribution in [3.05, 3.63) is 42.1 Å². The Balaban J connectivity index is 0.000000339. The molecule has 176 valence electrons. The molecule has 2 rings (SSSR count). The standard InChI is InChI=1S/C13H27N3O3.C10H8N2O/c1-13(2,3)8-10(12(18)19)16-11(17)9(15)6-4-5-7-14;11-10(13)8-5-7-3-1-2-4-9(7)12-6-8/h9-10H,4-8,14-15H2,1-3H3,(H,16,17)(H,18,19);1-6H,(H2,11,13)/t9-,10+;/m1./s1. The molecule has 0 spiro atoms. The molecule has 0 unspecified atom stereocenters. The highest BCUT2D eigenvalue weighted by molar-refractivity contribution is 5.96. The minimum Gasteiger partial charge on any atom is -0.480 e. The van der Waals surface area contributed by atoms with Gasteiger partial charge in [0.05, 0.1) is 17.1 Å². The molecular formula is C23H35N5O4. The number of nitrogens with zero attached hydrogens (tertiary/aromatic N) is 1. The molecule has 1 aromatic carbocycles. The number of rotatable bonds is 9. The fourth-order valence-electron chi connectivity index (χ4n) is 2.94. The smallest absolute Gasteiger partial charge is 0.326 e. The van der Waals surface area contributed by atoms with Crippen LogP contribution in [-0.2, 0) is 9.59 Å². The maximum Gasteiger partial charge on any atom is 0.326 e. The van der Waals surface area contributed by atoms with Gasteiger partial charge in [-0.1, -0.05) is 45.4 Å². The first kappa shape index (κ1) is 27.0. The first-order valence-electron chi connectivity index (χ1n) is 10.6. The number of hydrogen-bond acceptors (Lipinski definition) is 6. The van der Waals surface area contributed by atoms with Gasteiger partial charge >= 0.3 is 5.97 Å². The van der Waals surface area contributed by atoms with Crippen LogP contribution in [-0.4, -0.2) is 46.5 Å². The zero-order valence-electron chi connectivity index (χ0n) is 19.0. The third kappa shape index (κ3) is 9.84. The summed E-state index contributed by atoms with van der Waals surface area (Å²) >= 11 is 0. The van der Waals surface area contributed by atoms with Gasteiger partial charge in [-0.25, -0.2) is 4.79 Å². The number of hydrogen-bond donors (Lipinski definition) is 5. The van der Waals surface area contributed by atoms with E-state index in [4.69, 9.17) is 22.3 Å². The maximum absolute atomic E-state index is 11.8. The van der Waals surface area contributed by atoms with E-state index in [0.717, 1.165) is 23.7 Å². The van der Waals surface area contributed by atoms with Gasteiger partial charge < -0.3 is 27.6 Å². The number of amides is 2. The Morgan fingerprint density at radius 3 is 2.38 bits per heavy atom. The molecule has 9 nitrogen and oxygen atoms in total. The van der Waals surface area contributed by atoms with E-state index in [1.165, 1.54) is 6.20 Å². The zero-order chi connectivity index (χ0) is 24.3. The van der Waals surface area contributed by atoms with Crippen molar-refractivity contribution in [3.63, 3.8) is 0 Å². The van der Waals surface area contributed by atoms with Gasteiger partial charge in [0.2, 0.25) is 11.8 Å². The number of carboxylic acids is 1. The zero-order valence-corrected chi connectivity index (χ0v) is 19.0. The Hall–Kier alpha value is -3.04. The molecule has 2 aromatic rings. The van der Waals surface area contributed by atoms with E-state index in [9.17, 15) is 14.4 Å². The highest BCUT2D eigenvalue weighted by Gasteiger charge is 2.27. The number of carboxylic acid groups (broad SMARTS) is 1. The van der Waals surface area contributed by atoms with Crippen LogP contribution in [0.2, 0.25) is 0 Å². The minimum atomic E-state index is -1.03. The Bertz CT molecular complexity index is 911. The van der Waals surface area contributed by atoms with E-state index in [0.29, 0.717) is 24.9 Å². The van der Waals surface area contributed by atoms with Gasteiger partial charge in [0.15, 0.2) is 0 Å². The van der Waals surface area contributed by atoms with Crippen molar-refractivity contribution in [2.45, 2.75) is 58.5 Å². The van der Waals surface area contributed by atoms with Crippen LogP contribution >= 0.6 is 0 Å². The number of aromatic nitrogens is 1. The van der Waals surface area contributed by atoms with Gasteiger partial charge in [-0.3, -0.25) is 14.6 Å². The summed E-state index contributed by atoms with van der Waals surface area (Å²) in [5.41, 5.74) is 17.3. The lowest BCUT2D eigenvalue weighted by molar-refractivity contribution is -0.142. The van der Waals surface area contributed by atoms with Crippen LogP contribution in [0.1, 0.15) is 56.8 Å². The third-order valence-electron chi connectivity index (χ3n) is 4.61. The summed E-state index contributed by atoms with van der Waals surface area (Å²) in [7, 11) is 0. The van der Waals surface area contributed by atoms with Gasteiger partial charge in [0.1, 0.15) is 6.04 Å². The monoisotopic (exact) mass is 445 g/mol. The molecule has 9 heteroatoms. The summed E-state index contributed by atoms with van der Waals surface area (Å²) in [5.74, 6) is -1.88. The van der Waals surface area contributed by atoms with Crippen LogP contribution < -0.4 is 22.5 Å². The first-order chi connectivity index (χ1) is 14.9. The van der Waals surface area contributed by atoms with E-state index in [1.807, 2.05) is 45.0 Å². The maximum atomic E-state index is 11.8. The number of para-hydroxylation sites is 1. The van der Waals surface area contributed by atoms with Gasteiger partial charge in [0.25, 0.3) is 0 Å². The summed E-state index contributed by atoms with van der Waals surface area (Å²) in [6.07, 6.45) is 3.95. The summed E-state index contributed by atoms with van der Waals surface area (Å²) in [6, 6.07) is 7.76. The van der Waals surface area contributed by atoms with Crippen molar-refractivity contribution >= 4 is 28.7 Å². The first-order valence-corrected chi connectivity index (χ1v) is 10.6. The molecular weight excluding hydrogens is 410 g/mol. The number of carbonyl (C=O) groups excluding carboxylic acids is 2. The number of unbranched alkanes of at least 4 members (excludes halogenated alkanes) is 1. The molecule has 8 N–H and O–H groups in total. The number of carbonyl (C=O) groups is 3. The molecule has 0 aliphatic heterocycles. The van der Waals surface area contributed by atoms with Crippen molar-refractivity contribution in [2.75, 3.05) is 6.54 Å². The summed E-state index contributed by atoms with van der Waals surface area (Å²) < 4.78 is 0. The number of pyridine rings is 1. The Morgan fingerprint density at radius 2 is 1.81 bits per heavy atom. The van der Waals surface area contributed by atoms with Gasteiger partial charge in [0, 0.05) is 11.6 Å². The van der Waals surface area contributed by atoms with Crippen molar-refractivity contribution < 1.29 is 19.5 Å². The predicted molar refractivity (Wildman–Crippen MR) is 125 cm³/mol. The van der Waals surface area contributed by atoms with Crippen molar-refractivity contribution in [1.29, 1.82) is 0 Å². The molecule has 0 aliphatic rings. The summed E-state index contributed by atoms with van der Waals surface area (Å²) in [4.78, 5) is 37.9. The number of nitrogens with two attached hydrogens (primary N) is 3. The molecule has 0 saturated heterocycles. The molecule has 32 heavy (non-hydrogen) atoms. The molecule has 2 atom stereocenters. The van der Waals surface area contributed by atoms with Crippen LogP contribution in [0.3, 0.4) is 0 Å². The topological polar surface area (TPSA) is 174 Å².